The highest BCUT2D eigenvalue weighted by molar-refractivity contribution is 7.86. The van der Waals surface area contributed by atoms with Gasteiger partial charge in [-0.05, 0) is 29.8 Å². The number of carbonyl (C=O) groups is 2. The zero-order valence-corrected chi connectivity index (χ0v) is 21.1. The van der Waals surface area contributed by atoms with E-state index in [9.17, 15) is 40.6 Å². The number of nitrogens with one attached hydrogen (secondary N) is 3. The van der Waals surface area contributed by atoms with Crippen molar-refractivity contribution in [3.05, 3.63) is 54.6 Å². The van der Waals surface area contributed by atoms with E-state index in [2.05, 4.69) is 37.5 Å². The maximum absolute atomic E-state index is 11.8. The Labute approximate surface area is 221 Å². The number of aliphatic carboxylic acids is 2. The predicted octanol–water partition coefficient (Wildman–Crippen LogP) is 1.83. The summed E-state index contributed by atoms with van der Waals surface area (Å²) >= 11 is 0. The molecule has 0 saturated heterocycles. The van der Waals surface area contributed by atoms with Gasteiger partial charge in [0.2, 0.25) is 17.8 Å². The zero-order chi connectivity index (χ0) is 29.0. The van der Waals surface area contributed by atoms with E-state index in [1.54, 1.807) is 0 Å². The number of nitrogens with zero attached hydrogens (tertiary/aromatic N) is 3. The summed E-state index contributed by atoms with van der Waals surface area (Å²) in [5.41, 5.74) is -0.0504. The number of hydrogen-bond donors (Lipinski definition) is 7. The Morgan fingerprint density at radius 3 is 2.03 bits per heavy atom. The molecule has 1 atom stereocenters. The van der Waals surface area contributed by atoms with Gasteiger partial charge in [-0.1, -0.05) is 30.9 Å². The van der Waals surface area contributed by atoms with Crippen molar-refractivity contribution in [2.75, 3.05) is 16.0 Å². The Balaban J connectivity index is 2.09. The number of carboxylic acid groups (broad SMARTS) is 2. The van der Waals surface area contributed by atoms with Crippen LogP contribution >= 0.6 is 0 Å². The molecule has 0 fully saturated rings. The van der Waals surface area contributed by atoms with Crippen LogP contribution in [0.25, 0.3) is 6.08 Å². The topological polar surface area (TPSA) is 258 Å². The van der Waals surface area contributed by atoms with Gasteiger partial charge in [0, 0.05) is 5.69 Å². The number of aromatic nitrogens is 3. The molecule has 206 valence electrons. The molecule has 0 aliphatic rings. The molecule has 0 spiro atoms. The minimum absolute atomic E-state index is 0.0370. The maximum atomic E-state index is 11.8. The lowest BCUT2D eigenvalue weighted by Gasteiger charge is -2.15. The summed E-state index contributed by atoms with van der Waals surface area (Å²) in [6.07, 6.45) is 0.333. The Kier molecular flexibility index (Phi) is 8.45. The highest BCUT2D eigenvalue weighted by Gasteiger charge is 2.23. The lowest BCUT2D eigenvalue weighted by atomic mass is 10.2. The van der Waals surface area contributed by atoms with Crippen molar-refractivity contribution in [1.82, 2.24) is 15.0 Å². The fourth-order valence-corrected chi connectivity index (χ4v) is 4.50. The normalized spacial score (nSPS) is 12.3. The molecule has 0 saturated carbocycles. The largest absolute Gasteiger partial charge is 0.481 e. The molecule has 3 rings (SSSR count). The van der Waals surface area contributed by atoms with Crippen LogP contribution in [-0.4, -0.2) is 69.1 Å². The highest BCUT2D eigenvalue weighted by atomic mass is 32.2. The van der Waals surface area contributed by atoms with Crippen LogP contribution in [0.5, 0.6) is 0 Å². The number of benzene rings is 2. The molecule has 7 N–H and O–H groups in total. The second-order valence-corrected chi connectivity index (χ2v) is 10.4. The van der Waals surface area contributed by atoms with Crippen LogP contribution in [0.3, 0.4) is 0 Å². The fourth-order valence-electron chi connectivity index (χ4n) is 3.13. The average molecular weight is 581 g/mol. The van der Waals surface area contributed by atoms with E-state index >= 15 is 0 Å². The molecule has 1 unspecified atom stereocenters. The predicted molar refractivity (Wildman–Crippen MR) is 136 cm³/mol. The molecule has 39 heavy (non-hydrogen) atoms. The number of para-hydroxylation sites is 1. The first-order chi connectivity index (χ1) is 18.2. The second kappa shape index (κ2) is 11.4. The molecule has 18 heteroatoms. The maximum Gasteiger partial charge on any atom is 0.326 e. The summed E-state index contributed by atoms with van der Waals surface area (Å²) in [5, 5.41) is 25.9. The van der Waals surface area contributed by atoms with Gasteiger partial charge in [0.05, 0.1) is 12.1 Å². The lowest BCUT2D eigenvalue weighted by Crippen LogP contribution is -2.32. The Hall–Kier alpha value is -4.65. The molecule has 0 aliphatic heterocycles. The van der Waals surface area contributed by atoms with Gasteiger partial charge in [0.15, 0.2) is 0 Å². The third-order valence-corrected chi connectivity index (χ3v) is 6.62. The number of anilines is 5. The molecule has 16 nitrogen and oxygen atoms in total. The highest BCUT2D eigenvalue weighted by Crippen LogP contribution is 2.26. The second-order valence-electron chi connectivity index (χ2n) is 7.59. The van der Waals surface area contributed by atoms with E-state index in [1.807, 2.05) is 0 Å². The van der Waals surface area contributed by atoms with Crippen LogP contribution in [0.2, 0.25) is 0 Å². The van der Waals surface area contributed by atoms with E-state index in [4.69, 9.17) is 5.11 Å². The first-order valence-corrected chi connectivity index (χ1v) is 13.4. The average Bonchev–Trinajstić information content (AvgIpc) is 2.82. The molecule has 0 aliphatic carbocycles. The molecule has 0 bridgehead atoms. The monoisotopic (exact) mass is 580 g/mol. The van der Waals surface area contributed by atoms with Crippen molar-refractivity contribution in [1.29, 1.82) is 0 Å². The summed E-state index contributed by atoms with van der Waals surface area (Å²) in [7, 11) is -9.35. The number of carboxylic acids is 2. The molecule has 0 amide bonds. The smallest absolute Gasteiger partial charge is 0.326 e. The summed E-state index contributed by atoms with van der Waals surface area (Å²) in [4.78, 5) is 33.5. The fraction of sp³-hybridized carbons (Fsp3) is 0.0952. The van der Waals surface area contributed by atoms with Gasteiger partial charge in [0.25, 0.3) is 20.2 Å². The van der Waals surface area contributed by atoms with Crippen molar-refractivity contribution in [3.8, 4) is 0 Å². The summed E-state index contributed by atoms with van der Waals surface area (Å²) in [6, 6.07) is 7.17. The molecule has 2 aromatic carbocycles. The van der Waals surface area contributed by atoms with E-state index in [1.165, 1.54) is 36.4 Å². The minimum atomic E-state index is -4.69. The molecule has 1 heterocycles. The van der Waals surface area contributed by atoms with Crippen LogP contribution in [0, 0.1) is 0 Å². The minimum Gasteiger partial charge on any atom is -0.481 e. The van der Waals surface area contributed by atoms with Crippen LogP contribution < -0.4 is 16.0 Å². The van der Waals surface area contributed by atoms with Crippen LogP contribution in [0.4, 0.5) is 29.2 Å². The van der Waals surface area contributed by atoms with Gasteiger partial charge in [-0.25, -0.2) is 4.79 Å². The number of rotatable bonds is 12. The van der Waals surface area contributed by atoms with Crippen LogP contribution in [0.1, 0.15) is 12.0 Å². The van der Waals surface area contributed by atoms with Crippen molar-refractivity contribution >= 4 is 67.5 Å². The Morgan fingerprint density at radius 2 is 1.46 bits per heavy atom. The molecule has 3 aromatic rings. The van der Waals surface area contributed by atoms with Gasteiger partial charge < -0.3 is 26.2 Å². The first kappa shape index (κ1) is 28.9. The van der Waals surface area contributed by atoms with Crippen LogP contribution in [0.15, 0.2) is 58.8 Å². The summed E-state index contributed by atoms with van der Waals surface area (Å²) in [5.74, 6) is -4.18. The summed E-state index contributed by atoms with van der Waals surface area (Å²) in [6.45, 7) is 3.47. The Morgan fingerprint density at radius 1 is 0.872 bits per heavy atom. The van der Waals surface area contributed by atoms with Crippen molar-refractivity contribution in [3.63, 3.8) is 0 Å². The summed E-state index contributed by atoms with van der Waals surface area (Å²) < 4.78 is 66.0. The van der Waals surface area contributed by atoms with Gasteiger partial charge >= 0.3 is 11.9 Å². The molecule has 0 radical (unpaired) electrons. The third kappa shape index (κ3) is 7.68. The molecular formula is C21H20N6O10S2. The zero-order valence-electron chi connectivity index (χ0n) is 19.5. The SMILES string of the molecule is C=Cc1ccc(Nc2nc(Nc3ccccc3S(=O)(=O)O)nc(NC(CC(=O)O)C(=O)O)n2)cc1S(=O)(=O)O. The number of hydrogen-bond acceptors (Lipinski definition) is 12. The van der Waals surface area contributed by atoms with E-state index in [0.29, 0.717) is 0 Å². The first-order valence-electron chi connectivity index (χ1n) is 10.5. The lowest BCUT2D eigenvalue weighted by molar-refractivity contribution is -0.144. The molecule has 1 aromatic heterocycles. The van der Waals surface area contributed by atoms with Gasteiger partial charge in [-0.3, -0.25) is 13.9 Å². The van der Waals surface area contributed by atoms with Gasteiger partial charge in [0.1, 0.15) is 15.8 Å². The quantitative estimate of drug-likeness (QED) is 0.151. The van der Waals surface area contributed by atoms with Crippen molar-refractivity contribution in [2.45, 2.75) is 22.3 Å². The van der Waals surface area contributed by atoms with Crippen LogP contribution in [-0.2, 0) is 29.8 Å². The standard InChI is InChI=1S/C21H20N6O10S2/c1-2-11-7-8-12(9-16(11)39(35,36)37)22-19-25-20(23-13-5-3-4-6-15(13)38(32,33)34)27-21(26-19)24-14(18(30)31)10-17(28)29/h2-9,14H,1,10H2,(H,28,29)(H,30,31)(H,32,33,34)(H,35,36,37)(H3,22,23,24,25,26,27). The van der Waals surface area contributed by atoms with Crippen molar-refractivity contribution < 1.29 is 45.7 Å². The Bertz CT molecular complexity index is 1660. The van der Waals surface area contributed by atoms with Gasteiger partial charge in [-0.15, -0.1) is 0 Å². The van der Waals surface area contributed by atoms with Crippen molar-refractivity contribution in [2.24, 2.45) is 0 Å². The molecular weight excluding hydrogens is 560 g/mol. The van der Waals surface area contributed by atoms with E-state index < -0.39 is 60.4 Å². The third-order valence-electron chi connectivity index (χ3n) is 4.79. The van der Waals surface area contributed by atoms with Gasteiger partial charge in [-0.2, -0.15) is 31.8 Å². The van der Waals surface area contributed by atoms with E-state index in [-0.39, 0.29) is 28.8 Å². The van der Waals surface area contributed by atoms with E-state index in [0.717, 1.165) is 12.1 Å².